The number of nitrogens with two attached hydrogens (primary N) is 4. The third kappa shape index (κ3) is 33.2. The Morgan fingerprint density at radius 3 is 1.20 bits per heavy atom. The van der Waals surface area contributed by atoms with Crippen molar-refractivity contribution in [3.63, 3.8) is 0 Å². The van der Waals surface area contributed by atoms with Crippen LogP contribution in [0.2, 0.25) is 0 Å². The molecule has 0 spiro atoms. The van der Waals surface area contributed by atoms with Crippen LogP contribution in [-0.4, -0.2) is 283 Å². The smallest absolute Gasteiger partial charge is 0.326 e. The average Bonchev–Trinajstić information content (AvgIpc) is 0.861. The molecule has 1 saturated carbocycles. The summed E-state index contributed by atoms with van der Waals surface area (Å²) in [7, 11) is -8.17. The highest BCUT2D eigenvalue weighted by Gasteiger charge is 2.33. The van der Waals surface area contributed by atoms with Gasteiger partial charge in [-0.05, 0) is 139 Å². The lowest BCUT2D eigenvalue weighted by Gasteiger charge is -2.33. The first-order chi connectivity index (χ1) is 47.5. The van der Waals surface area contributed by atoms with Crippen LogP contribution in [0.4, 0.5) is 0 Å². The molecule has 1 atom stereocenters. The van der Waals surface area contributed by atoms with Gasteiger partial charge in [0.2, 0.25) is 73.2 Å². The molecule has 1 aliphatic rings. The highest BCUT2D eigenvalue weighted by atomic mass is 32.2. The second-order valence-corrected chi connectivity index (χ2v) is 28.2. The number of carboxylic acid groups (broad SMARTS) is 1. The number of benzene rings is 2. The third-order valence-electron chi connectivity index (χ3n) is 16.2. The molecule has 35 heteroatoms. The molecule has 2 aromatic rings. The van der Waals surface area contributed by atoms with Crippen LogP contribution >= 0.6 is 12.6 Å². The van der Waals surface area contributed by atoms with E-state index in [-0.39, 0.29) is 145 Å². The summed E-state index contributed by atoms with van der Waals surface area (Å²) in [5.41, 5.74) is 12.7. The number of aliphatic carboxylic acids is 1. The van der Waals surface area contributed by atoms with Gasteiger partial charge in [0, 0.05) is 58.6 Å². The third-order valence-corrected chi connectivity index (χ3v) is 18.3. The number of ether oxygens (including phenoxy) is 3. The molecule has 1 fully saturated rings. The Morgan fingerprint density at radius 1 is 0.510 bits per heavy atom. The largest absolute Gasteiger partial charge is 0.480 e. The van der Waals surface area contributed by atoms with E-state index in [1.807, 2.05) is 13.8 Å². The highest BCUT2D eigenvalue weighted by molar-refractivity contribution is 7.89. The number of carboxylic acids is 1. The Balaban J connectivity index is 2.06. The molecule has 0 heterocycles. The Labute approximate surface area is 594 Å². The molecule has 3 rings (SSSR count). The minimum Gasteiger partial charge on any atom is -0.480 e. The van der Waals surface area contributed by atoms with Gasteiger partial charge < -0.3 is 80.6 Å². The van der Waals surface area contributed by atoms with Gasteiger partial charge in [0.1, 0.15) is 45.9 Å². The quantitative estimate of drug-likeness (QED) is 0.0231. The molecule has 100 heavy (non-hydrogen) atoms. The van der Waals surface area contributed by atoms with Crippen LogP contribution in [0.3, 0.4) is 0 Å². The Hall–Kier alpha value is -6.93. The number of unbranched alkanes of at least 4 members (excludes halogenated alkanes) is 2. The Morgan fingerprint density at radius 2 is 0.860 bits per heavy atom. The molecular formula is C65H108N14O18S3. The van der Waals surface area contributed by atoms with E-state index in [0.29, 0.717) is 30.4 Å². The number of hydrogen-bond donors (Lipinski definition) is 8. The van der Waals surface area contributed by atoms with E-state index in [0.717, 1.165) is 61.5 Å². The number of rotatable bonds is 50. The zero-order chi connectivity index (χ0) is 74.4. The van der Waals surface area contributed by atoms with Crippen LogP contribution in [0, 0.1) is 5.92 Å². The second-order valence-electron chi connectivity index (χ2n) is 24.6. The normalized spacial score (nSPS) is 12.9. The molecular weight excluding hydrogens is 1360 g/mol. The summed E-state index contributed by atoms with van der Waals surface area (Å²) in [5, 5.41) is 26.1. The predicted octanol–water partition coefficient (Wildman–Crippen LogP) is -0.677. The summed E-state index contributed by atoms with van der Waals surface area (Å²) in [4.78, 5) is 150. The monoisotopic (exact) mass is 1470 g/mol. The molecule has 0 radical (unpaired) electrons. The molecule has 11 N–H and O–H groups in total. The van der Waals surface area contributed by atoms with Crippen LogP contribution in [0.5, 0.6) is 0 Å². The first-order valence-electron chi connectivity index (χ1n) is 33.9. The number of thiol groups is 1. The van der Waals surface area contributed by atoms with Gasteiger partial charge in [-0.25, -0.2) is 31.9 Å². The van der Waals surface area contributed by atoms with Gasteiger partial charge in [-0.1, -0.05) is 57.4 Å². The van der Waals surface area contributed by atoms with E-state index in [4.69, 9.17) is 36.0 Å². The maximum absolute atomic E-state index is 14.9. The van der Waals surface area contributed by atoms with Crippen molar-refractivity contribution in [2.45, 2.75) is 134 Å². The van der Waals surface area contributed by atoms with Crippen molar-refractivity contribution >= 4 is 91.8 Å². The predicted molar refractivity (Wildman–Crippen MR) is 375 cm³/mol. The van der Waals surface area contributed by atoms with Gasteiger partial charge in [-0.2, -0.15) is 12.6 Å². The second kappa shape index (κ2) is 46.6. The van der Waals surface area contributed by atoms with Gasteiger partial charge in [-0.15, -0.1) is 0 Å². The standard InChI is InChI=1S/C65H108N14O18S3/c1-6-95-46-77(43-59(83)72(31-14-12-29-66)38-56(80)71-55(28-35-98)65(89)90)62(86)40-74(33-26-50-18-22-53(23-19-50)99(68,91)92)58(82)39-73(32-15-13-30-67)60(84)44-78(47-96-7-2)63(87)41-75(34-27-51-20-24-54(25-21-51)100(69,93)94)61(85)45-79(48-97-8-3)64(88)42-76(37-49(4)5)57(81)36-70-52-16-10-9-11-17-52/h18-25,49,52,55,70,98H,6-17,26-48,66-67H2,1-5H3,(H,71,80)(H,89,90)(H2,68,91,92)(H2,69,93,94). The zero-order valence-electron chi connectivity index (χ0n) is 58.6. The Bertz CT molecular complexity index is 3150. The summed E-state index contributed by atoms with van der Waals surface area (Å²) >= 11 is 4.08. The first kappa shape index (κ1) is 87.3. The number of hydrogen-bond acceptors (Lipinski definition) is 21. The molecule has 0 saturated heterocycles. The fraction of sp³-hybridized carbons (Fsp3) is 0.662. The zero-order valence-corrected chi connectivity index (χ0v) is 61.2. The van der Waals surface area contributed by atoms with Gasteiger partial charge in [-0.3, -0.25) is 43.2 Å². The SMILES string of the molecule is CCOCN(CC(=O)N(CCCCN)CC(=O)NC(CCS)C(=O)O)C(=O)CN(CCc1ccc(S(N)(=O)=O)cc1)C(=O)CN(CCCCN)C(=O)CN(COCC)C(=O)CN(CCc1ccc(S(N)(=O)=O)cc1)C(=O)CN(COCC)C(=O)CN(CC(C)C)C(=O)CNC1CCCCC1. The highest BCUT2D eigenvalue weighted by Crippen LogP contribution is 2.18. The minimum absolute atomic E-state index is 0.00329. The summed E-state index contributed by atoms with van der Waals surface area (Å²) in [6, 6.07) is 9.88. The molecule has 1 aliphatic carbocycles. The summed E-state index contributed by atoms with van der Waals surface area (Å²) in [6.07, 6.45) is 6.57. The lowest BCUT2D eigenvalue weighted by molar-refractivity contribution is -0.152. The molecule has 1 unspecified atom stereocenters. The number of carbonyl (C=O) groups excluding carboxylic acids is 9. The van der Waals surface area contributed by atoms with Crippen LogP contribution in [0.1, 0.15) is 110 Å². The van der Waals surface area contributed by atoms with Crippen LogP contribution < -0.4 is 32.4 Å². The van der Waals surface area contributed by atoms with Crippen LogP contribution in [-0.2, 0) is 95.0 Å². The fourth-order valence-corrected chi connectivity index (χ4v) is 11.8. The van der Waals surface area contributed by atoms with E-state index in [1.165, 1.54) is 58.3 Å². The Kier molecular flexibility index (Phi) is 40.6. The number of primary sulfonamides is 2. The van der Waals surface area contributed by atoms with E-state index in [9.17, 15) is 69.9 Å². The topological polar surface area (TPSA) is 441 Å². The molecule has 564 valence electrons. The van der Waals surface area contributed by atoms with Crippen molar-refractivity contribution in [3.8, 4) is 0 Å². The molecule has 32 nitrogen and oxygen atoms in total. The van der Waals surface area contributed by atoms with Crippen molar-refractivity contribution < 1.29 is 84.1 Å². The van der Waals surface area contributed by atoms with Crippen molar-refractivity contribution in [1.82, 2.24) is 49.8 Å². The fourth-order valence-electron chi connectivity index (χ4n) is 10.5. The van der Waals surface area contributed by atoms with E-state index >= 15 is 0 Å². The van der Waals surface area contributed by atoms with Gasteiger partial charge in [0.25, 0.3) is 0 Å². The van der Waals surface area contributed by atoms with Crippen molar-refractivity contribution in [3.05, 3.63) is 59.7 Å². The van der Waals surface area contributed by atoms with E-state index in [2.05, 4.69) is 23.3 Å². The number of amides is 9. The summed E-state index contributed by atoms with van der Waals surface area (Å²) in [5.74, 6) is -7.55. The summed E-state index contributed by atoms with van der Waals surface area (Å²) in [6.45, 7) is 2.87. The van der Waals surface area contributed by atoms with Crippen LogP contribution in [0.15, 0.2) is 58.3 Å². The molecule has 0 aliphatic heterocycles. The van der Waals surface area contributed by atoms with Crippen molar-refractivity contribution in [2.75, 3.05) is 150 Å². The van der Waals surface area contributed by atoms with E-state index in [1.54, 1.807) is 20.8 Å². The van der Waals surface area contributed by atoms with Crippen LogP contribution in [0.25, 0.3) is 0 Å². The number of nitrogens with one attached hydrogen (secondary N) is 2. The first-order valence-corrected chi connectivity index (χ1v) is 37.7. The van der Waals surface area contributed by atoms with Crippen molar-refractivity contribution in [1.29, 1.82) is 0 Å². The lowest BCUT2D eigenvalue weighted by atomic mass is 9.95. The molecule has 0 aromatic heterocycles. The van der Waals surface area contributed by atoms with Gasteiger partial charge in [0.05, 0.1) is 49.1 Å². The maximum atomic E-state index is 14.9. The van der Waals surface area contributed by atoms with Gasteiger partial charge in [0.15, 0.2) is 0 Å². The van der Waals surface area contributed by atoms with Crippen molar-refractivity contribution in [2.24, 2.45) is 27.7 Å². The lowest BCUT2D eigenvalue weighted by Crippen LogP contribution is -2.53. The molecule has 9 amide bonds. The molecule has 2 aromatic carbocycles. The number of nitrogens with zero attached hydrogens (tertiary/aromatic N) is 8. The number of sulfonamides is 2. The maximum Gasteiger partial charge on any atom is 0.326 e. The average molecular weight is 1470 g/mol. The van der Waals surface area contributed by atoms with Gasteiger partial charge >= 0.3 is 5.97 Å². The minimum atomic E-state index is -4.10. The summed E-state index contributed by atoms with van der Waals surface area (Å²) < 4.78 is 65.6. The van der Waals surface area contributed by atoms with E-state index < -0.39 is 139 Å². The molecule has 0 bridgehead atoms. The number of carbonyl (C=O) groups is 10.